The molecule has 0 saturated carbocycles. The Morgan fingerprint density at radius 2 is 2.44 bits per heavy atom. The molecule has 2 atom stereocenters. The quantitative estimate of drug-likeness (QED) is 0.842. The van der Waals surface area contributed by atoms with E-state index >= 15 is 0 Å². The summed E-state index contributed by atoms with van der Waals surface area (Å²) in [5.74, 6) is 0.936. The van der Waals surface area contributed by atoms with Gasteiger partial charge in [0.1, 0.15) is 0 Å². The van der Waals surface area contributed by atoms with Crippen molar-refractivity contribution in [1.82, 2.24) is 9.55 Å². The van der Waals surface area contributed by atoms with Crippen LogP contribution in [0.25, 0.3) is 0 Å². The molecule has 0 spiro atoms. The Morgan fingerprint density at radius 1 is 1.62 bits per heavy atom. The molecule has 1 fully saturated rings. The number of hydrogen-bond acceptors (Lipinski definition) is 3. The summed E-state index contributed by atoms with van der Waals surface area (Å²) in [6.07, 6.45) is 4.95. The lowest BCUT2D eigenvalue weighted by Crippen LogP contribution is -2.22. The fraction of sp³-hybridized carbons (Fsp3) is 0.750. The zero-order valence-corrected chi connectivity index (χ0v) is 10.1. The number of imidazole rings is 1. The summed E-state index contributed by atoms with van der Waals surface area (Å²) in [5.41, 5.74) is 7.12. The average Bonchev–Trinajstić information content (AvgIpc) is 2.86. The van der Waals surface area contributed by atoms with Gasteiger partial charge in [-0.2, -0.15) is 0 Å². The van der Waals surface area contributed by atoms with Crippen molar-refractivity contribution in [1.29, 1.82) is 0 Å². The Bertz CT molecular complexity index is 329. The van der Waals surface area contributed by atoms with Crippen LogP contribution in [0.2, 0.25) is 0 Å². The molecule has 2 unspecified atom stereocenters. The molecule has 0 radical (unpaired) electrons. The highest BCUT2D eigenvalue weighted by atomic mass is 16.5. The van der Waals surface area contributed by atoms with Crippen molar-refractivity contribution >= 4 is 0 Å². The predicted octanol–water partition coefficient (Wildman–Crippen LogP) is 1.54. The lowest BCUT2D eigenvalue weighted by Gasteiger charge is -2.23. The topological polar surface area (TPSA) is 53.1 Å². The van der Waals surface area contributed by atoms with E-state index in [1.165, 1.54) is 5.69 Å². The maximum absolute atomic E-state index is 5.86. The molecule has 0 aliphatic carbocycles. The summed E-state index contributed by atoms with van der Waals surface area (Å²) < 4.78 is 7.68. The Morgan fingerprint density at radius 3 is 3.00 bits per heavy atom. The van der Waals surface area contributed by atoms with Crippen LogP contribution in [0.3, 0.4) is 0 Å². The molecule has 4 nitrogen and oxygen atoms in total. The first kappa shape index (κ1) is 11.6. The lowest BCUT2D eigenvalue weighted by atomic mass is 9.92. The average molecular weight is 223 g/mol. The fourth-order valence-electron chi connectivity index (χ4n) is 2.38. The molecule has 2 heterocycles. The first-order chi connectivity index (χ1) is 7.74. The van der Waals surface area contributed by atoms with Gasteiger partial charge < -0.3 is 15.0 Å². The van der Waals surface area contributed by atoms with Crippen molar-refractivity contribution in [3.63, 3.8) is 0 Å². The van der Waals surface area contributed by atoms with Gasteiger partial charge in [0.05, 0.1) is 19.0 Å². The molecule has 0 bridgehead atoms. The van der Waals surface area contributed by atoms with Crippen LogP contribution in [0.15, 0.2) is 12.5 Å². The van der Waals surface area contributed by atoms with Crippen LogP contribution >= 0.6 is 0 Å². The molecule has 2 rings (SSSR count). The molecule has 1 saturated heterocycles. The molecule has 1 aromatic rings. The molecule has 0 aromatic carbocycles. The van der Waals surface area contributed by atoms with E-state index in [2.05, 4.69) is 23.4 Å². The smallest absolute Gasteiger partial charge is 0.0951 e. The normalized spacial score (nSPS) is 22.9. The van der Waals surface area contributed by atoms with Gasteiger partial charge in [-0.1, -0.05) is 13.8 Å². The second-order valence-corrected chi connectivity index (χ2v) is 4.83. The fourth-order valence-corrected chi connectivity index (χ4v) is 2.38. The van der Waals surface area contributed by atoms with Crippen molar-refractivity contribution in [2.24, 2.45) is 11.7 Å². The highest BCUT2D eigenvalue weighted by Crippen LogP contribution is 2.28. The van der Waals surface area contributed by atoms with Gasteiger partial charge in [-0.3, -0.25) is 0 Å². The number of rotatable bonds is 4. The first-order valence-electron chi connectivity index (χ1n) is 6.03. The highest BCUT2D eigenvalue weighted by Gasteiger charge is 2.24. The third kappa shape index (κ3) is 2.13. The first-order valence-corrected chi connectivity index (χ1v) is 6.03. The molecule has 1 aliphatic rings. The molecule has 2 N–H and O–H groups in total. The Labute approximate surface area is 96.8 Å². The van der Waals surface area contributed by atoms with Gasteiger partial charge in [-0.25, -0.2) is 4.98 Å². The van der Waals surface area contributed by atoms with E-state index in [1.807, 2.05) is 12.5 Å². The molecule has 1 aromatic heterocycles. The van der Waals surface area contributed by atoms with Gasteiger partial charge in [-0.15, -0.1) is 0 Å². The second-order valence-electron chi connectivity index (χ2n) is 4.83. The highest BCUT2D eigenvalue weighted by molar-refractivity contribution is 5.10. The summed E-state index contributed by atoms with van der Waals surface area (Å²) in [7, 11) is 0. The van der Waals surface area contributed by atoms with E-state index < -0.39 is 0 Å². The molecule has 4 heteroatoms. The number of nitrogens with two attached hydrogens (primary N) is 1. The summed E-state index contributed by atoms with van der Waals surface area (Å²) >= 11 is 0. The minimum atomic E-state index is 0.392. The maximum atomic E-state index is 5.86. The largest absolute Gasteiger partial charge is 0.379 e. The van der Waals surface area contributed by atoms with E-state index in [4.69, 9.17) is 10.5 Å². The Balaban J connectivity index is 2.23. The van der Waals surface area contributed by atoms with Crippen LogP contribution in [0.5, 0.6) is 0 Å². The maximum Gasteiger partial charge on any atom is 0.0951 e. The Kier molecular flexibility index (Phi) is 3.61. The van der Waals surface area contributed by atoms with Gasteiger partial charge in [0.2, 0.25) is 0 Å². The number of aromatic nitrogens is 2. The van der Waals surface area contributed by atoms with Gasteiger partial charge in [0, 0.05) is 31.0 Å². The van der Waals surface area contributed by atoms with Crippen LogP contribution in [0.1, 0.15) is 37.9 Å². The van der Waals surface area contributed by atoms with E-state index in [1.54, 1.807) is 0 Å². The number of ether oxygens (including phenoxy) is 1. The van der Waals surface area contributed by atoms with Crippen LogP contribution < -0.4 is 5.73 Å². The minimum absolute atomic E-state index is 0.392. The second kappa shape index (κ2) is 4.97. The number of nitrogens with zero attached hydrogens (tertiary/aromatic N) is 2. The van der Waals surface area contributed by atoms with Crippen LogP contribution in [-0.2, 0) is 4.74 Å². The van der Waals surface area contributed by atoms with E-state index in [0.717, 1.165) is 19.6 Å². The lowest BCUT2D eigenvalue weighted by molar-refractivity contribution is 0.185. The zero-order chi connectivity index (χ0) is 11.5. The van der Waals surface area contributed by atoms with E-state index in [-0.39, 0.29) is 0 Å². The van der Waals surface area contributed by atoms with Crippen molar-refractivity contribution in [2.45, 2.75) is 32.2 Å². The molecule has 90 valence electrons. The summed E-state index contributed by atoms with van der Waals surface area (Å²) in [5, 5.41) is 0. The molecule has 1 aliphatic heterocycles. The molecular weight excluding hydrogens is 202 g/mol. The van der Waals surface area contributed by atoms with Crippen molar-refractivity contribution in [3.8, 4) is 0 Å². The van der Waals surface area contributed by atoms with Gasteiger partial charge in [0.15, 0.2) is 0 Å². The van der Waals surface area contributed by atoms with Crippen molar-refractivity contribution in [2.75, 3.05) is 19.8 Å². The van der Waals surface area contributed by atoms with Gasteiger partial charge in [0.25, 0.3) is 0 Å². The molecule has 0 amide bonds. The van der Waals surface area contributed by atoms with Crippen molar-refractivity contribution in [3.05, 3.63) is 18.2 Å². The molecule has 16 heavy (non-hydrogen) atoms. The zero-order valence-electron chi connectivity index (χ0n) is 10.1. The van der Waals surface area contributed by atoms with Crippen LogP contribution in [-0.4, -0.2) is 29.3 Å². The van der Waals surface area contributed by atoms with Crippen LogP contribution in [0.4, 0.5) is 0 Å². The predicted molar refractivity (Wildman–Crippen MR) is 63.3 cm³/mol. The minimum Gasteiger partial charge on any atom is -0.379 e. The third-order valence-corrected chi connectivity index (χ3v) is 3.43. The van der Waals surface area contributed by atoms with Crippen LogP contribution in [0, 0.1) is 5.92 Å². The van der Waals surface area contributed by atoms with Crippen molar-refractivity contribution < 1.29 is 4.74 Å². The third-order valence-electron chi connectivity index (χ3n) is 3.43. The monoisotopic (exact) mass is 223 g/mol. The molecular formula is C12H21N3O. The van der Waals surface area contributed by atoms with E-state index in [0.29, 0.717) is 24.4 Å². The summed E-state index contributed by atoms with van der Waals surface area (Å²) in [6, 6.07) is 0.449. The SMILES string of the molecule is CC(C)C(CN)c1cncn1C1CCOC1. The standard InChI is InChI=1S/C12H21N3O/c1-9(2)11(5-13)12-6-14-8-15(12)10-3-4-16-7-10/h6,8-11H,3-5,7,13H2,1-2H3. The summed E-state index contributed by atoms with van der Waals surface area (Å²) in [4.78, 5) is 4.27. The van der Waals surface area contributed by atoms with E-state index in [9.17, 15) is 0 Å². The van der Waals surface area contributed by atoms with Gasteiger partial charge >= 0.3 is 0 Å². The summed E-state index contributed by atoms with van der Waals surface area (Å²) in [6.45, 7) is 6.76. The Hall–Kier alpha value is -0.870. The number of hydrogen-bond donors (Lipinski definition) is 1. The van der Waals surface area contributed by atoms with Gasteiger partial charge in [-0.05, 0) is 12.3 Å².